The van der Waals surface area contributed by atoms with Crippen molar-refractivity contribution < 1.29 is 14.5 Å². The van der Waals surface area contributed by atoms with Crippen molar-refractivity contribution in [2.45, 2.75) is 12.8 Å². The third kappa shape index (κ3) is 7.13. The molecule has 0 atom stereocenters. The van der Waals surface area contributed by atoms with Gasteiger partial charge in [0.2, 0.25) is 5.91 Å². The number of nitrogens with zero attached hydrogens (tertiary/aromatic N) is 1. The number of hydrogen-bond donors (Lipinski definition) is 4. The van der Waals surface area contributed by atoms with Gasteiger partial charge in [-0.15, -0.1) is 0 Å². The van der Waals surface area contributed by atoms with E-state index >= 15 is 0 Å². The Balaban J connectivity index is 1.36. The maximum atomic E-state index is 12.1. The van der Waals surface area contributed by atoms with Crippen molar-refractivity contribution in [3.63, 3.8) is 0 Å². The number of nitrogens with one attached hydrogen (secondary N) is 4. The molecule has 0 aliphatic heterocycles. The Hall–Kier alpha value is -4.40. The van der Waals surface area contributed by atoms with Gasteiger partial charge in [-0.05, 0) is 55.0 Å². The summed E-state index contributed by atoms with van der Waals surface area (Å²) >= 11 is 0. The summed E-state index contributed by atoms with van der Waals surface area (Å²) in [7, 11) is 0. The molecule has 0 bridgehead atoms. The fraction of sp³-hybridized carbons (Fsp3) is 0.130. The lowest BCUT2D eigenvalue weighted by atomic mass is 10.2. The standard InChI is InChI=1S/C23H23N5O4/c29-22(7-4-16-24-17-12-14-21(15-13-17)28(31)32)25-19-8-10-20(11-9-19)27-23(30)26-18-5-2-1-3-6-18/h1-3,5-6,8-15,24H,4,7,16H2,(H,25,29)(H2,26,27,30). The Morgan fingerprint density at radius 3 is 1.84 bits per heavy atom. The lowest BCUT2D eigenvalue weighted by Gasteiger charge is -2.09. The number of rotatable bonds is 9. The number of anilines is 4. The van der Waals surface area contributed by atoms with Gasteiger partial charge in [0.1, 0.15) is 0 Å². The molecule has 0 unspecified atom stereocenters. The predicted octanol–water partition coefficient (Wildman–Crippen LogP) is 5.07. The van der Waals surface area contributed by atoms with Crippen LogP contribution >= 0.6 is 0 Å². The number of nitro benzene ring substituents is 1. The first-order valence-electron chi connectivity index (χ1n) is 10.0. The van der Waals surface area contributed by atoms with Gasteiger partial charge in [0, 0.05) is 47.8 Å². The SMILES string of the molecule is O=C(CCCNc1ccc([N+](=O)[O-])cc1)Nc1ccc(NC(=O)Nc2ccccc2)cc1. The van der Waals surface area contributed by atoms with Crippen LogP contribution in [-0.2, 0) is 4.79 Å². The van der Waals surface area contributed by atoms with Crippen LogP contribution in [-0.4, -0.2) is 23.4 Å². The zero-order valence-electron chi connectivity index (χ0n) is 17.2. The number of carbonyl (C=O) groups is 2. The lowest BCUT2D eigenvalue weighted by molar-refractivity contribution is -0.384. The third-order valence-electron chi connectivity index (χ3n) is 4.45. The minimum Gasteiger partial charge on any atom is -0.385 e. The molecule has 0 heterocycles. The maximum Gasteiger partial charge on any atom is 0.323 e. The number of amides is 3. The summed E-state index contributed by atoms with van der Waals surface area (Å²) in [5, 5.41) is 22.0. The lowest BCUT2D eigenvalue weighted by Crippen LogP contribution is -2.19. The second kappa shape index (κ2) is 11.1. The van der Waals surface area contributed by atoms with E-state index in [0.717, 1.165) is 5.69 Å². The van der Waals surface area contributed by atoms with E-state index in [9.17, 15) is 19.7 Å². The first kappa shape index (κ1) is 22.3. The van der Waals surface area contributed by atoms with E-state index in [1.54, 1.807) is 48.5 Å². The van der Waals surface area contributed by atoms with Gasteiger partial charge >= 0.3 is 6.03 Å². The summed E-state index contributed by atoms with van der Waals surface area (Å²) in [6.45, 7) is 0.560. The van der Waals surface area contributed by atoms with Crippen molar-refractivity contribution in [3.8, 4) is 0 Å². The highest BCUT2D eigenvalue weighted by molar-refractivity contribution is 6.00. The molecule has 0 radical (unpaired) electrons. The molecule has 3 amide bonds. The van der Waals surface area contributed by atoms with Gasteiger partial charge in [0.15, 0.2) is 0 Å². The summed E-state index contributed by atoms with van der Waals surface area (Å²) < 4.78 is 0. The highest BCUT2D eigenvalue weighted by Gasteiger charge is 2.06. The number of benzene rings is 3. The molecule has 164 valence electrons. The normalized spacial score (nSPS) is 10.1. The average Bonchev–Trinajstić information content (AvgIpc) is 2.79. The molecular weight excluding hydrogens is 410 g/mol. The molecule has 3 aromatic carbocycles. The van der Waals surface area contributed by atoms with Gasteiger partial charge in [-0.25, -0.2) is 4.79 Å². The van der Waals surface area contributed by atoms with Gasteiger partial charge in [0.05, 0.1) is 4.92 Å². The van der Waals surface area contributed by atoms with Crippen LogP contribution in [0.25, 0.3) is 0 Å². The molecule has 0 saturated carbocycles. The van der Waals surface area contributed by atoms with Crippen molar-refractivity contribution in [3.05, 3.63) is 89.0 Å². The van der Waals surface area contributed by atoms with E-state index in [1.807, 2.05) is 18.2 Å². The van der Waals surface area contributed by atoms with Crippen molar-refractivity contribution >= 4 is 40.4 Å². The molecule has 4 N–H and O–H groups in total. The van der Waals surface area contributed by atoms with E-state index in [4.69, 9.17) is 0 Å². The summed E-state index contributed by atoms with van der Waals surface area (Å²) in [6.07, 6.45) is 0.918. The molecule has 0 fully saturated rings. The number of non-ortho nitro benzene ring substituents is 1. The molecule has 9 heteroatoms. The Labute approximate surface area is 185 Å². The Bertz CT molecular complexity index is 1050. The van der Waals surface area contributed by atoms with Gasteiger partial charge in [-0.1, -0.05) is 18.2 Å². The summed E-state index contributed by atoms with van der Waals surface area (Å²) in [5.74, 6) is -0.127. The molecule has 0 aliphatic carbocycles. The predicted molar refractivity (Wildman–Crippen MR) is 125 cm³/mol. The fourth-order valence-electron chi connectivity index (χ4n) is 2.86. The van der Waals surface area contributed by atoms with Gasteiger partial charge in [-0.3, -0.25) is 14.9 Å². The van der Waals surface area contributed by atoms with Crippen LogP contribution in [0.15, 0.2) is 78.9 Å². The van der Waals surface area contributed by atoms with Gasteiger partial charge in [-0.2, -0.15) is 0 Å². The van der Waals surface area contributed by atoms with Crippen LogP contribution < -0.4 is 21.3 Å². The number of nitro groups is 1. The zero-order chi connectivity index (χ0) is 22.8. The maximum absolute atomic E-state index is 12.1. The Kier molecular flexibility index (Phi) is 7.74. The minimum atomic E-state index is -0.448. The van der Waals surface area contributed by atoms with Crippen LogP contribution in [0.5, 0.6) is 0 Å². The van der Waals surface area contributed by atoms with E-state index in [0.29, 0.717) is 36.4 Å². The van der Waals surface area contributed by atoms with Crippen molar-refractivity contribution in [2.75, 3.05) is 27.8 Å². The number of para-hydroxylation sites is 1. The summed E-state index contributed by atoms with van der Waals surface area (Å²) in [6, 6.07) is 21.7. The van der Waals surface area contributed by atoms with E-state index in [-0.39, 0.29) is 17.6 Å². The molecule has 3 rings (SSSR count). The molecule has 0 aliphatic rings. The molecule has 32 heavy (non-hydrogen) atoms. The second-order valence-electron chi connectivity index (χ2n) is 6.90. The molecule has 0 spiro atoms. The van der Waals surface area contributed by atoms with Crippen LogP contribution in [0.3, 0.4) is 0 Å². The number of carbonyl (C=O) groups excluding carboxylic acids is 2. The molecule has 0 aromatic heterocycles. The first-order chi connectivity index (χ1) is 15.5. The molecule has 9 nitrogen and oxygen atoms in total. The number of hydrogen-bond acceptors (Lipinski definition) is 5. The van der Waals surface area contributed by atoms with Crippen molar-refractivity contribution in [1.82, 2.24) is 0 Å². The van der Waals surface area contributed by atoms with E-state index < -0.39 is 4.92 Å². The van der Waals surface area contributed by atoms with Crippen molar-refractivity contribution in [2.24, 2.45) is 0 Å². The van der Waals surface area contributed by atoms with Crippen LogP contribution in [0.1, 0.15) is 12.8 Å². The highest BCUT2D eigenvalue weighted by Crippen LogP contribution is 2.16. The quantitative estimate of drug-likeness (QED) is 0.213. The highest BCUT2D eigenvalue weighted by atomic mass is 16.6. The monoisotopic (exact) mass is 433 g/mol. The Morgan fingerprint density at radius 2 is 1.25 bits per heavy atom. The van der Waals surface area contributed by atoms with Crippen LogP contribution in [0.2, 0.25) is 0 Å². The van der Waals surface area contributed by atoms with Gasteiger partial charge < -0.3 is 21.3 Å². The van der Waals surface area contributed by atoms with E-state index in [1.165, 1.54) is 12.1 Å². The largest absolute Gasteiger partial charge is 0.385 e. The summed E-state index contributed by atoms with van der Waals surface area (Å²) in [4.78, 5) is 34.3. The average molecular weight is 433 g/mol. The van der Waals surface area contributed by atoms with Crippen LogP contribution in [0, 0.1) is 10.1 Å². The van der Waals surface area contributed by atoms with Crippen LogP contribution in [0.4, 0.5) is 33.2 Å². The fourth-order valence-corrected chi connectivity index (χ4v) is 2.86. The van der Waals surface area contributed by atoms with Crippen molar-refractivity contribution in [1.29, 1.82) is 0 Å². The topological polar surface area (TPSA) is 125 Å². The van der Waals surface area contributed by atoms with Gasteiger partial charge in [0.25, 0.3) is 5.69 Å². The molecule has 3 aromatic rings. The second-order valence-corrected chi connectivity index (χ2v) is 6.90. The minimum absolute atomic E-state index is 0.0352. The Morgan fingerprint density at radius 1 is 0.719 bits per heavy atom. The third-order valence-corrected chi connectivity index (χ3v) is 4.45. The number of urea groups is 1. The molecular formula is C23H23N5O4. The first-order valence-corrected chi connectivity index (χ1v) is 10.0. The van der Waals surface area contributed by atoms with E-state index in [2.05, 4.69) is 21.3 Å². The molecule has 0 saturated heterocycles. The smallest absolute Gasteiger partial charge is 0.323 e. The zero-order valence-corrected chi connectivity index (χ0v) is 17.2. The summed E-state index contributed by atoms with van der Waals surface area (Å²) in [5.41, 5.74) is 2.72.